The van der Waals surface area contributed by atoms with Crippen molar-refractivity contribution in [2.24, 2.45) is 12.0 Å². The molecule has 0 radical (unpaired) electrons. The van der Waals surface area contributed by atoms with Crippen LogP contribution in [-0.2, 0) is 16.6 Å². The number of esters is 1. The number of para-hydroxylation sites is 1. The maximum Gasteiger partial charge on any atom is 0.338 e. The van der Waals surface area contributed by atoms with Gasteiger partial charge in [-0.05, 0) is 31.2 Å². The number of hydrogen-bond donors (Lipinski definition) is 0. The Hall–Kier alpha value is -4.89. The molecule has 0 saturated carbocycles. The molecule has 212 valence electrons. The fraction of sp³-hybridized carbons (Fsp3) is 0.182. The van der Waals surface area contributed by atoms with E-state index in [0.717, 1.165) is 22.0 Å². The van der Waals surface area contributed by atoms with E-state index in [9.17, 15) is 9.59 Å². The lowest BCUT2D eigenvalue weighted by Gasteiger charge is -2.27. The molecule has 0 aliphatic carbocycles. The quantitative estimate of drug-likeness (QED) is 0.266. The zero-order valence-corrected chi connectivity index (χ0v) is 24.5. The van der Waals surface area contributed by atoms with Crippen LogP contribution in [0.3, 0.4) is 0 Å². The van der Waals surface area contributed by atoms with Crippen molar-refractivity contribution in [1.29, 1.82) is 0 Å². The Bertz CT molecular complexity index is 2040. The molecule has 1 atom stereocenters. The highest BCUT2D eigenvalue weighted by molar-refractivity contribution is 7.07. The molecule has 8 nitrogen and oxygen atoms in total. The average molecular weight is 580 g/mol. The molecule has 0 fully saturated rings. The summed E-state index contributed by atoms with van der Waals surface area (Å²) in [6.45, 7) is 1.92. The third-order valence-electron chi connectivity index (χ3n) is 7.32. The van der Waals surface area contributed by atoms with E-state index in [-0.39, 0.29) is 17.7 Å². The number of aromatic nitrogens is 2. The van der Waals surface area contributed by atoms with Crippen LogP contribution >= 0.6 is 11.3 Å². The summed E-state index contributed by atoms with van der Waals surface area (Å²) in [5.74, 6) is 0.509. The van der Waals surface area contributed by atoms with Crippen molar-refractivity contribution in [3.63, 3.8) is 0 Å². The zero-order chi connectivity index (χ0) is 29.4. The fourth-order valence-corrected chi connectivity index (χ4v) is 6.40. The Balaban J connectivity index is 1.68. The fourth-order valence-electron chi connectivity index (χ4n) is 5.41. The molecule has 9 heteroatoms. The first-order valence-electron chi connectivity index (χ1n) is 13.5. The van der Waals surface area contributed by atoms with Crippen molar-refractivity contribution in [3.8, 4) is 11.5 Å². The standard InChI is InChI=1S/C33H29N3O5S/c1-5-41-32(38)28-29(20-11-7-6-8-12-20)34-33-36(30(28)24-16-15-22(39-3)18-26(24)40-4)31(37)27(42-33)17-21-19-35(2)25-14-10-9-13-23(21)25/h6-19,30H,5H2,1-4H3/b27-17-/t30-/m0/s1. The first kappa shape index (κ1) is 27.3. The molecule has 3 heterocycles. The molecule has 3 aromatic carbocycles. The molecule has 0 N–H and O–H groups in total. The summed E-state index contributed by atoms with van der Waals surface area (Å²) in [4.78, 5) is 33.4. The molecular formula is C33H29N3O5S. The monoisotopic (exact) mass is 579 g/mol. The molecule has 0 bridgehead atoms. The number of carbonyl (C=O) groups excluding carboxylic acids is 1. The molecular weight excluding hydrogens is 550 g/mol. The van der Waals surface area contributed by atoms with Crippen LogP contribution in [0, 0.1) is 0 Å². The predicted octanol–water partition coefficient (Wildman–Crippen LogP) is 4.44. The number of carbonyl (C=O) groups is 1. The zero-order valence-electron chi connectivity index (χ0n) is 23.7. The van der Waals surface area contributed by atoms with Gasteiger partial charge in [0.15, 0.2) is 4.80 Å². The number of aryl methyl sites for hydroxylation is 1. The van der Waals surface area contributed by atoms with Crippen molar-refractivity contribution < 1.29 is 19.0 Å². The summed E-state index contributed by atoms with van der Waals surface area (Å²) in [5.41, 5.74) is 3.79. The van der Waals surface area contributed by atoms with Crippen LogP contribution in [0.5, 0.6) is 11.5 Å². The SMILES string of the molecule is CCOC(=O)C1=C(c2ccccc2)N=c2s/c(=C\c3cn(C)c4ccccc34)c(=O)n2[C@H]1c1ccc(OC)cc1OC. The molecule has 6 rings (SSSR count). The molecule has 0 spiro atoms. The van der Waals surface area contributed by atoms with E-state index in [4.69, 9.17) is 19.2 Å². The topological polar surface area (TPSA) is 84.1 Å². The minimum Gasteiger partial charge on any atom is -0.497 e. The van der Waals surface area contributed by atoms with E-state index >= 15 is 0 Å². The van der Waals surface area contributed by atoms with E-state index in [1.54, 1.807) is 37.8 Å². The van der Waals surface area contributed by atoms with Crippen molar-refractivity contribution >= 4 is 40.0 Å². The Kier molecular flexibility index (Phi) is 7.26. The lowest BCUT2D eigenvalue weighted by Crippen LogP contribution is -2.40. The third kappa shape index (κ3) is 4.61. The van der Waals surface area contributed by atoms with Crippen LogP contribution in [0.15, 0.2) is 94.4 Å². The van der Waals surface area contributed by atoms with Crippen molar-refractivity contribution in [2.45, 2.75) is 13.0 Å². The Labute approximate surface area is 246 Å². The molecule has 0 amide bonds. The van der Waals surface area contributed by atoms with Gasteiger partial charge >= 0.3 is 5.97 Å². The Morgan fingerprint density at radius 1 is 1.02 bits per heavy atom. The molecule has 1 aliphatic heterocycles. The number of nitrogens with zero attached hydrogens (tertiary/aromatic N) is 3. The minimum atomic E-state index is -0.856. The molecule has 5 aromatic rings. The van der Waals surface area contributed by atoms with Gasteiger partial charge in [-0.1, -0.05) is 59.9 Å². The van der Waals surface area contributed by atoms with E-state index < -0.39 is 12.0 Å². The molecule has 0 saturated heterocycles. The predicted molar refractivity (Wildman–Crippen MR) is 164 cm³/mol. The number of benzene rings is 3. The summed E-state index contributed by atoms with van der Waals surface area (Å²) < 4.78 is 20.9. The summed E-state index contributed by atoms with van der Waals surface area (Å²) in [6.07, 6.45) is 3.90. The van der Waals surface area contributed by atoms with Gasteiger partial charge in [0.25, 0.3) is 5.56 Å². The van der Waals surface area contributed by atoms with Crippen LogP contribution in [0.25, 0.3) is 22.7 Å². The molecule has 2 aromatic heterocycles. The van der Waals surface area contributed by atoms with Crippen LogP contribution < -0.4 is 24.4 Å². The van der Waals surface area contributed by atoms with Crippen LogP contribution in [0.2, 0.25) is 0 Å². The second kappa shape index (κ2) is 11.2. The van der Waals surface area contributed by atoms with E-state index in [0.29, 0.717) is 32.1 Å². The second-order valence-electron chi connectivity index (χ2n) is 9.75. The van der Waals surface area contributed by atoms with E-state index in [1.807, 2.05) is 84.6 Å². The van der Waals surface area contributed by atoms with Crippen LogP contribution in [0.1, 0.15) is 29.7 Å². The highest BCUT2D eigenvalue weighted by Crippen LogP contribution is 2.40. The average Bonchev–Trinajstić information content (AvgIpc) is 3.51. The van der Waals surface area contributed by atoms with Gasteiger partial charge in [0, 0.05) is 46.9 Å². The highest BCUT2D eigenvalue weighted by atomic mass is 32.1. The Morgan fingerprint density at radius 3 is 2.52 bits per heavy atom. The molecule has 42 heavy (non-hydrogen) atoms. The second-order valence-corrected chi connectivity index (χ2v) is 10.8. The van der Waals surface area contributed by atoms with Gasteiger partial charge in [-0.3, -0.25) is 9.36 Å². The van der Waals surface area contributed by atoms with Gasteiger partial charge in [0.05, 0.1) is 36.6 Å². The summed E-state index contributed by atoms with van der Waals surface area (Å²) in [6, 6.07) is 22.0. The summed E-state index contributed by atoms with van der Waals surface area (Å²) >= 11 is 1.29. The largest absolute Gasteiger partial charge is 0.497 e. The van der Waals surface area contributed by atoms with Gasteiger partial charge in [0.1, 0.15) is 17.5 Å². The van der Waals surface area contributed by atoms with E-state index in [2.05, 4.69) is 0 Å². The number of methoxy groups -OCH3 is 2. The van der Waals surface area contributed by atoms with E-state index in [1.165, 1.54) is 11.3 Å². The first-order valence-corrected chi connectivity index (χ1v) is 14.3. The number of fused-ring (bicyclic) bond motifs is 2. The third-order valence-corrected chi connectivity index (χ3v) is 8.31. The lowest BCUT2D eigenvalue weighted by molar-refractivity contribution is -0.138. The van der Waals surface area contributed by atoms with Gasteiger partial charge in [-0.25, -0.2) is 9.79 Å². The maximum atomic E-state index is 14.3. The smallest absolute Gasteiger partial charge is 0.338 e. The summed E-state index contributed by atoms with van der Waals surface area (Å²) in [5, 5.41) is 1.04. The van der Waals surface area contributed by atoms with Crippen LogP contribution in [-0.4, -0.2) is 35.9 Å². The van der Waals surface area contributed by atoms with Gasteiger partial charge in [0.2, 0.25) is 0 Å². The number of hydrogen-bond acceptors (Lipinski definition) is 7. The van der Waals surface area contributed by atoms with Crippen molar-refractivity contribution in [1.82, 2.24) is 9.13 Å². The summed E-state index contributed by atoms with van der Waals surface area (Å²) in [7, 11) is 5.10. The minimum absolute atomic E-state index is 0.169. The van der Waals surface area contributed by atoms with Gasteiger partial charge < -0.3 is 18.8 Å². The van der Waals surface area contributed by atoms with Crippen LogP contribution in [0.4, 0.5) is 0 Å². The van der Waals surface area contributed by atoms with Gasteiger partial charge in [-0.15, -0.1) is 0 Å². The lowest BCUT2D eigenvalue weighted by atomic mass is 9.92. The van der Waals surface area contributed by atoms with Crippen molar-refractivity contribution in [3.05, 3.63) is 121 Å². The molecule has 0 unspecified atom stereocenters. The number of rotatable bonds is 7. The maximum absolute atomic E-state index is 14.3. The van der Waals surface area contributed by atoms with Gasteiger partial charge in [-0.2, -0.15) is 0 Å². The number of ether oxygens (including phenoxy) is 3. The number of thiazole rings is 1. The Morgan fingerprint density at radius 2 is 1.79 bits per heavy atom. The molecule has 1 aliphatic rings. The highest BCUT2D eigenvalue weighted by Gasteiger charge is 2.36. The first-order chi connectivity index (χ1) is 20.4. The van der Waals surface area contributed by atoms with Crippen molar-refractivity contribution in [2.75, 3.05) is 20.8 Å². The normalized spacial score (nSPS) is 15.0.